The Morgan fingerprint density at radius 3 is 2.73 bits per heavy atom. The first-order valence-electron chi connectivity index (χ1n) is 8.82. The normalized spacial score (nSPS) is 10.8. The highest BCUT2D eigenvalue weighted by Crippen LogP contribution is 2.05. The Balaban J connectivity index is 1.92. The van der Waals surface area contributed by atoms with Crippen molar-refractivity contribution in [2.75, 3.05) is 19.7 Å². The van der Waals surface area contributed by atoms with Crippen LogP contribution in [-0.4, -0.2) is 46.0 Å². The lowest BCUT2D eigenvalue weighted by Gasteiger charge is -2.21. The predicted molar refractivity (Wildman–Crippen MR) is 100 cm³/mol. The van der Waals surface area contributed by atoms with E-state index < -0.39 is 0 Å². The predicted octanol–water partition coefficient (Wildman–Crippen LogP) is 2.77. The summed E-state index contributed by atoms with van der Waals surface area (Å²) in [5, 5.41) is 0. The number of hydrogen-bond donors (Lipinski definition) is 0. The molecular formula is C20H25N3O3. The van der Waals surface area contributed by atoms with Gasteiger partial charge in [-0.1, -0.05) is 30.3 Å². The maximum Gasteiger partial charge on any atom is 0.307 e. The van der Waals surface area contributed by atoms with Crippen LogP contribution in [-0.2, 0) is 20.9 Å². The third-order valence-electron chi connectivity index (χ3n) is 3.82. The molecule has 0 spiro atoms. The van der Waals surface area contributed by atoms with Crippen molar-refractivity contribution in [2.45, 2.75) is 26.3 Å². The summed E-state index contributed by atoms with van der Waals surface area (Å²) in [5.74, 6) is -0.393. The minimum Gasteiger partial charge on any atom is -0.466 e. The standard InChI is InChI=1S/C20H25N3O3/c1-2-26-20(25)11-15-23(14-6-13-22-16-12-21-17-22)19(24)10-9-18-7-4-3-5-8-18/h3-5,7-10,12,16-17H,2,6,11,13-15H2,1H3/b10-9+. The van der Waals surface area contributed by atoms with E-state index >= 15 is 0 Å². The van der Waals surface area contributed by atoms with E-state index in [0.29, 0.717) is 19.7 Å². The van der Waals surface area contributed by atoms with Gasteiger partial charge < -0.3 is 14.2 Å². The molecule has 0 aliphatic heterocycles. The summed E-state index contributed by atoms with van der Waals surface area (Å²) in [6.07, 6.45) is 9.69. The molecule has 0 unspecified atom stereocenters. The number of carbonyl (C=O) groups is 2. The van der Waals surface area contributed by atoms with Gasteiger partial charge in [0.2, 0.25) is 5.91 Å². The fraction of sp³-hybridized carbons (Fsp3) is 0.350. The van der Waals surface area contributed by atoms with E-state index in [4.69, 9.17) is 4.74 Å². The molecule has 26 heavy (non-hydrogen) atoms. The average molecular weight is 355 g/mol. The smallest absolute Gasteiger partial charge is 0.307 e. The van der Waals surface area contributed by atoms with Crippen LogP contribution >= 0.6 is 0 Å². The van der Waals surface area contributed by atoms with Crippen LogP contribution in [0.1, 0.15) is 25.3 Å². The maximum atomic E-state index is 12.5. The minimum absolute atomic E-state index is 0.108. The summed E-state index contributed by atoms with van der Waals surface area (Å²) in [5.41, 5.74) is 0.963. The van der Waals surface area contributed by atoms with E-state index in [1.807, 2.05) is 41.1 Å². The fourth-order valence-corrected chi connectivity index (χ4v) is 2.49. The van der Waals surface area contributed by atoms with Crippen LogP contribution in [0.4, 0.5) is 0 Å². The van der Waals surface area contributed by atoms with Crippen molar-refractivity contribution in [3.8, 4) is 0 Å². The zero-order valence-electron chi connectivity index (χ0n) is 15.1. The third kappa shape index (κ3) is 6.93. The molecule has 0 fully saturated rings. The Morgan fingerprint density at radius 2 is 2.04 bits per heavy atom. The molecule has 0 radical (unpaired) electrons. The molecule has 0 aliphatic rings. The van der Waals surface area contributed by atoms with Crippen LogP contribution < -0.4 is 0 Å². The third-order valence-corrected chi connectivity index (χ3v) is 3.82. The lowest BCUT2D eigenvalue weighted by atomic mass is 10.2. The zero-order chi connectivity index (χ0) is 18.6. The van der Waals surface area contributed by atoms with Crippen molar-refractivity contribution in [2.24, 2.45) is 0 Å². The highest BCUT2D eigenvalue weighted by molar-refractivity contribution is 5.92. The Kier molecular flexibility index (Phi) is 8.12. The second-order valence-electron chi connectivity index (χ2n) is 5.78. The number of ether oxygens (including phenoxy) is 1. The molecule has 0 bridgehead atoms. The van der Waals surface area contributed by atoms with Gasteiger partial charge in [-0.05, 0) is 25.0 Å². The number of benzene rings is 1. The number of nitrogens with zero attached hydrogens (tertiary/aromatic N) is 3. The number of amides is 1. The van der Waals surface area contributed by atoms with Gasteiger partial charge in [-0.25, -0.2) is 4.98 Å². The Hall–Kier alpha value is -2.89. The molecule has 138 valence electrons. The molecule has 1 heterocycles. The summed E-state index contributed by atoms with van der Waals surface area (Å²) >= 11 is 0. The molecule has 2 rings (SSSR count). The number of rotatable bonds is 10. The molecule has 6 heteroatoms. The first-order valence-corrected chi connectivity index (χ1v) is 8.82. The van der Waals surface area contributed by atoms with Crippen molar-refractivity contribution in [3.05, 3.63) is 60.7 Å². The second-order valence-corrected chi connectivity index (χ2v) is 5.78. The van der Waals surface area contributed by atoms with Crippen molar-refractivity contribution >= 4 is 18.0 Å². The van der Waals surface area contributed by atoms with Crippen LogP contribution in [0.5, 0.6) is 0 Å². The minimum atomic E-state index is -0.285. The zero-order valence-corrected chi connectivity index (χ0v) is 15.1. The Bertz CT molecular complexity index is 696. The van der Waals surface area contributed by atoms with Gasteiger partial charge in [-0.15, -0.1) is 0 Å². The molecule has 0 atom stereocenters. The van der Waals surface area contributed by atoms with Gasteiger partial charge in [0, 0.05) is 38.1 Å². The number of esters is 1. The average Bonchev–Trinajstić information content (AvgIpc) is 3.17. The summed E-state index contributed by atoms with van der Waals surface area (Å²) in [4.78, 5) is 29.9. The highest BCUT2D eigenvalue weighted by atomic mass is 16.5. The van der Waals surface area contributed by atoms with Gasteiger partial charge in [0.15, 0.2) is 0 Å². The van der Waals surface area contributed by atoms with Gasteiger partial charge in [-0.3, -0.25) is 9.59 Å². The molecule has 6 nitrogen and oxygen atoms in total. The number of hydrogen-bond acceptors (Lipinski definition) is 4. The van der Waals surface area contributed by atoms with Gasteiger partial charge in [0.1, 0.15) is 0 Å². The van der Waals surface area contributed by atoms with Gasteiger partial charge in [0.25, 0.3) is 0 Å². The molecule has 0 N–H and O–H groups in total. The molecule has 1 aromatic carbocycles. The summed E-state index contributed by atoms with van der Waals surface area (Å²) < 4.78 is 6.92. The summed E-state index contributed by atoms with van der Waals surface area (Å²) in [6, 6.07) is 9.65. The van der Waals surface area contributed by atoms with Crippen molar-refractivity contribution in [3.63, 3.8) is 0 Å². The Morgan fingerprint density at radius 1 is 1.23 bits per heavy atom. The molecular weight excluding hydrogens is 330 g/mol. The van der Waals surface area contributed by atoms with Crippen molar-refractivity contribution in [1.29, 1.82) is 0 Å². The number of imidazole rings is 1. The molecule has 0 aliphatic carbocycles. The molecule has 0 saturated heterocycles. The van der Waals surface area contributed by atoms with E-state index in [0.717, 1.165) is 18.5 Å². The second kappa shape index (κ2) is 10.9. The number of aromatic nitrogens is 2. The molecule has 0 saturated carbocycles. The lowest BCUT2D eigenvalue weighted by molar-refractivity contribution is -0.143. The largest absolute Gasteiger partial charge is 0.466 e. The van der Waals surface area contributed by atoms with E-state index in [2.05, 4.69) is 4.98 Å². The summed E-state index contributed by atoms with van der Waals surface area (Å²) in [6.45, 7) is 3.80. The SMILES string of the molecule is CCOC(=O)CCN(CCCn1ccnc1)C(=O)/C=C/c1ccccc1. The summed E-state index contributed by atoms with van der Waals surface area (Å²) in [7, 11) is 0. The number of aryl methyl sites for hydroxylation is 1. The fourth-order valence-electron chi connectivity index (χ4n) is 2.49. The first-order chi connectivity index (χ1) is 12.7. The van der Waals surface area contributed by atoms with E-state index in [1.165, 1.54) is 0 Å². The van der Waals surface area contributed by atoms with E-state index in [-0.39, 0.29) is 18.3 Å². The molecule has 1 amide bonds. The van der Waals surface area contributed by atoms with E-state index in [9.17, 15) is 9.59 Å². The van der Waals surface area contributed by atoms with Crippen LogP contribution in [0.3, 0.4) is 0 Å². The monoisotopic (exact) mass is 355 g/mol. The molecule has 2 aromatic rings. The van der Waals surface area contributed by atoms with Gasteiger partial charge >= 0.3 is 5.97 Å². The van der Waals surface area contributed by atoms with Gasteiger partial charge in [-0.2, -0.15) is 0 Å². The maximum absolute atomic E-state index is 12.5. The first kappa shape index (κ1) is 19.4. The van der Waals surface area contributed by atoms with Crippen molar-refractivity contribution in [1.82, 2.24) is 14.5 Å². The van der Waals surface area contributed by atoms with Crippen LogP contribution in [0.15, 0.2) is 55.1 Å². The number of carbonyl (C=O) groups excluding carboxylic acids is 2. The molecule has 1 aromatic heterocycles. The quantitative estimate of drug-likeness (QED) is 0.486. The van der Waals surface area contributed by atoms with Crippen LogP contribution in [0, 0.1) is 0 Å². The van der Waals surface area contributed by atoms with Gasteiger partial charge in [0.05, 0.1) is 19.4 Å². The van der Waals surface area contributed by atoms with Crippen LogP contribution in [0.25, 0.3) is 6.08 Å². The van der Waals surface area contributed by atoms with E-state index in [1.54, 1.807) is 36.5 Å². The lowest BCUT2D eigenvalue weighted by Crippen LogP contribution is -2.33. The van der Waals surface area contributed by atoms with Crippen molar-refractivity contribution < 1.29 is 14.3 Å². The topological polar surface area (TPSA) is 64.4 Å². The van der Waals surface area contributed by atoms with Crippen LogP contribution in [0.2, 0.25) is 0 Å². The Labute approximate surface area is 154 Å². The highest BCUT2D eigenvalue weighted by Gasteiger charge is 2.13.